The molecule has 0 spiro atoms. The zero-order valence-corrected chi connectivity index (χ0v) is 7.78. The first-order valence-electron chi connectivity index (χ1n) is 3.91. The smallest absolute Gasteiger partial charge is 0.223 e. The molecular formula is C10H13NO2. The van der Waals surface area contributed by atoms with E-state index in [1.165, 1.54) is 13.8 Å². The standard InChI is InChI=1S/C6H6.C4H7NO2/c1-2-4-6-5-3-1;1-3(6)5-4(2)7/h1-6H;1-2H3,(H,5,6,7). The molecule has 0 unspecified atom stereocenters. The Bertz CT molecular complexity index is 218. The highest BCUT2D eigenvalue weighted by molar-refractivity contribution is 5.92. The molecule has 0 atom stereocenters. The minimum atomic E-state index is -0.312. The summed E-state index contributed by atoms with van der Waals surface area (Å²) in [5, 5.41) is 2.03. The third-order valence-corrected chi connectivity index (χ3v) is 1.02. The summed E-state index contributed by atoms with van der Waals surface area (Å²) in [6.45, 7) is 2.59. The maximum absolute atomic E-state index is 9.92. The molecule has 0 aliphatic heterocycles. The van der Waals surface area contributed by atoms with E-state index in [9.17, 15) is 9.59 Å². The molecule has 70 valence electrons. The van der Waals surface area contributed by atoms with E-state index >= 15 is 0 Å². The molecule has 3 nitrogen and oxygen atoms in total. The SMILES string of the molecule is CC(=O)NC(C)=O.c1ccccc1. The van der Waals surface area contributed by atoms with Gasteiger partial charge < -0.3 is 0 Å². The highest BCUT2D eigenvalue weighted by Gasteiger charge is 1.90. The Balaban J connectivity index is 0.000000223. The maximum atomic E-state index is 9.92. The average Bonchev–Trinajstić information content (AvgIpc) is 2.06. The number of nitrogens with one attached hydrogen (secondary N) is 1. The van der Waals surface area contributed by atoms with E-state index in [-0.39, 0.29) is 11.8 Å². The molecule has 0 bridgehead atoms. The molecule has 0 saturated carbocycles. The van der Waals surface area contributed by atoms with Crippen molar-refractivity contribution < 1.29 is 9.59 Å². The van der Waals surface area contributed by atoms with Gasteiger partial charge in [-0.1, -0.05) is 36.4 Å². The molecule has 2 amide bonds. The number of carbonyl (C=O) groups excluding carboxylic acids is 2. The van der Waals surface area contributed by atoms with Crippen LogP contribution < -0.4 is 5.32 Å². The lowest BCUT2D eigenvalue weighted by molar-refractivity contribution is -0.127. The van der Waals surface area contributed by atoms with Gasteiger partial charge in [-0.15, -0.1) is 0 Å². The molecule has 1 aromatic rings. The van der Waals surface area contributed by atoms with Crippen LogP contribution in [-0.4, -0.2) is 11.8 Å². The van der Waals surface area contributed by atoms with Crippen LogP contribution in [0.5, 0.6) is 0 Å². The molecule has 0 aromatic heterocycles. The highest BCUT2D eigenvalue weighted by atomic mass is 16.2. The molecule has 0 saturated heterocycles. The van der Waals surface area contributed by atoms with Crippen LogP contribution in [0, 0.1) is 0 Å². The van der Waals surface area contributed by atoms with E-state index in [0.29, 0.717) is 0 Å². The fraction of sp³-hybridized carbons (Fsp3) is 0.200. The highest BCUT2D eigenvalue weighted by Crippen LogP contribution is 1.79. The summed E-state index contributed by atoms with van der Waals surface area (Å²) in [6, 6.07) is 12.0. The molecule has 0 fully saturated rings. The second-order valence-corrected chi connectivity index (χ2v) is 2.39. The average molecular weight is 179 g/mol. The molecule has 0 aliphatic rings. The molecule has 0 radical (unpaired) electrons. The largest absolute Gasteiger partial charge is 0.297 e. The van der Waals surface area contributed by atoms with Gasteiger partial charge in [0.05, 0.1) is 0 Å². The summed E-state index contributed by atoms with van der Waals surface area (Å²) < 4.78 is 0. The summed E-state index contributed by atoms with van der Waals surface area (Å²) in [4.78, 5) is 19.8. The van der Waals surface area contributed by atoms with Gasteiger partial charge in [-0.25, -0.2) is 0 Å². The van der Waals surface area contributed by atoms with Gasteiger partial charge >= 0.3 is 0 Å². The zero-order valence-electron chi connectivity index (χ0n) is 7.78. The van der Waals surface area contributed by atoms with E-state index in [2.05, 4.69) is 0 Å². The maximum Gasteiger partial charge on any atom is 0.223 e. The van der Waals surface area contributed by atoms with E-state index in [1.54, 1.807) is 0 Å². The first-order valence-corrected chi connectivity index (χ1v) is 3.91. The van der Waals surface area contributed by atoms with Crippen molar-refractivity contribution in [3.8, 4) is 0 Å². The Morgan fingerprint density at radius 3 is 1.08 bits per heavy atom. The lowest BCUT2D eigenvalue weighted by Crippen LogP contribution is -2.24. The van der Waals surface area contributed by atoms with Crippen molar-refractivity contribution in [1.29, 1.82) is 0 Å². The predicted molar refractivity (Wildman–Crippen MR) is 50.9 cm³/mol. The van der Waals surface area contributed by atoms with Crippen molar-refractivity contribution in [1.82, 2.24) is 5.32 Å². The number of hydrogen-bond acceptors (Lipinski definition) is 2. The van der Waals surface area contributed by atoms with Crippen LogP contribution in [0.2, 0.25) is 0 Å². The lowest BCUT2D eigenvalue weighted by Gasteiger charge is -1.88. The van der Waals surface area contributed by atoms with E-state index in [0.717, 1.165) is 0 Å². The topological polar surface area (TPSA) is 46.2 Å². The first kappa shape index (κ1) is 11.4. The van der Waals surface area contributed by atoms with Gasteiger partial charge in [0.2, 0.25) is 11.8 Å². The molecule has 13 heavy (non-hydrogen) atoms. The molecule has 0 heterocycles. The van der Waals surface area contributed by atoms with Gasteiger partial charge in [-0.2, -0.15) is 0 Å². The van der Waals surface area contributed by atoms with Crippen molar-refractivity contribution >= 4 is 11.8 Å². The van der Waals surface area contributed by atoms with Gasteiger partial charge in [0, 0.05) is 13.8 Å². The Hall–Kier alpha value is -1.64. The van der Waals surface area contributed by atoms with Crippen molar-refractivity contribution in [3.05, 3.63) is 36.4 Å². The lowest BCUT2D eigenvalue weighted by atomic mass is 10.4. The van der Waals surface area contributed by atoms with Gasteiger partial charge in [0.1, 0.15) is 0 Å². The Morgan fingerprint density at radius 1 is 0.769 bits per heavy atom. The fourth-order valence-electron chi connectivity index (χ4n) is 0.633. The molecular weight excluding hydrogens is 166 g/mol. The number of carbonyl (C=O) groups is 2. The van der Waals surface area contributed by atoms with Gasteiger partial charge in [0.15, 0.2) is 0 Å². The summed E-state index contributed by atoms with van der Waals surface area (Å²) in [5.74, 6) is -0.625. The first-order chi connectivity index (χ1) is 6.13. The molecule has 1 rings (SSSR count). The number of hydrogen-bond donors (Lipinski definition) is 1. The normalized spacial score (nSPS) is 7.85. The minimum Gasteiger partial charge on any atom is -0.297 e. The third-order valence-electron chi connectivity index (χ3n) is 1.02. The van der Waals surface area contributed by atoms with Crippen LogP contribution in [-0.2, 0) is 9.59 Å². The van der Waals surface area contributed by atoms with Crippen LogP contribution in [0.15, 0.2) is 36.4 Å². The summed E-state index contributed by atoms with van der Waals surface area (Å²) in [5.41, 5.74) is 0. The number of imide groups is 1. The fourth-order valence-corrected chi connectivity index (χ4v) is 0.633. The van der Waals surface area contributed by atoms with Crippen molar-refractivity contribution in [2.24, 2.45) is 0 Å². The Morgan fingerprint density at radius 2 is 1.00 bits per heavy atom. The Kier molecular flexibility index (Phi) is 6.15. The van der Waals surface area contributed by atoms with Crippen LogP contribution >= 0.6 is 0 Å². The van der Waals surface area contributed by atoms with E-state index in [4.69, 9.17) is 0 Å². The molecule has 1 N–H and O–H groups in total. The minimum absolute atomic E-state index is 0.312. The van der Waals surface area contributed by atoms with Crippen LogP contribution in [0.25, 0.3) is 0 Å². The predicted octanol–water partition coefficient (Wildman–Crippen LogP) is 1.36. The molecule has 0 aliphatic carbocycles. The number of benzene rings is 1. The van der Waals surface area contributed by atoms with Crippen LogP contribution in [0.4, 0.5) is 0 Å². The van der Waals surface area contributed by atoms with E-state index < -0.39 is 0 Å². The summed E-state index contributed by atoms with van der Waals surface area (Å²) >= 11 is 0. The second kappa shape index (κ2) is 7.03. The third kappa shape index (κ3) is 10.4. The van der Waals surface area contributed by atoms with Crippen LogP contribution in [0.3, 0.4) is 0 Å². The number of rotatable bonds is 0. The van der Waals surface area contributed by atoms with E-state index in [1.807, 2.05) is 41.7 Å². The quantitative estimate of drug-likeness (QED) is 0.653. The summed E-state index contributed by atoms with van der Waals surface area (Å²) in [6.07, 6.45) is 0. The number of amides is 2. The Labute approximate surface area is 77.8 Å². The van der Waals surface area contributed by atoms with Crippen LogP contribution in [0.1, 0.15) is 13.8 Å². The molecule has 1 aromatic carbocycles. The van der Waals surface area contributed by atoms with Gasteiger partial charge in [-0.05, 0) is 0 Å². The second-order valence-electron chi connectivity index (χ2n) is 2.39. The summed E-state index contributed by atoms with van der Waals surface area (Å²) in [7, 11) is 0. The van der Waals surface area contributed by atoms with Crippen molar-refractivity contribution in [2.45, 2.75) is 13.8 Å². The molecule has 3 heteroatoms. The van der Waals surface area contributed by atoms with Gasteiger partial charge in [-0.3, -0.25) is 14.9 Å². The zero-order chi connectivity index (χ0) is 10.1. The van der Waals surface area contributed by atoms with Crippen molar-refractivity contribution in [2.75, 3.05) is 0 Å². The van der Waals surface area contributed by atoms with Crippen molar-refractivity contribution in [3.63, 3.8) is 0 Å². The monoisotopic (exact) mass is 179 g/mol. The van der Waals surface area contributed by atoms with Gasteiger partial charge in [0.25, 0.3) is 0 Å².